The molecule has 0 saturated heterocycles. The van der Waals surface area contributed by atoms with Crippen molar-refractivity contribution >= 4 is 35.0 Å². The van der Waals surface area contributed by atoms with E-state index < -0.39 is 0 Å². The number of nitrogens with zero attached hydrogens (tertiary/aromatic N) is 3. The molecule has 0 aliphatic carbocycles. The molecule has 1 amide bonds. The molecule has 0 aliphatic rings. The fourth-order valence-corrected chi connectivity index (χ4v) is 3.87. The highest BCUT2D eigenvalue weighted by molar-refractivity contribution is 7.99. The van der Waals surface area contributed by atoms with E-state index in [0.717, 1.165) is 11.3 Å². The lowest BCUT2D eigenvalue weighted by molar-refractivity contribution is -0.113. The average molecular weight is 457 g/mol. The molecule has 0 fully saturated rings. The molecule has 1 atom stereocenters. The SMILES string of the molecule is C=CCn1c(SCC(=O)Nc2ccccc2Cl)nnc1C(C)Oc1ccc(C)c(C)c1. The third-order valence-electron chi connectivity index (χ3n) is 4.69. The zero-order valence-electron chi connectivity index (χ0n) is 17.8. The molecule has 31 heavy (non-hydrogen) atoms. The maximum Gasteiger partial charge on any atom is 0.234 e. The van der Waals surface area contributed by atoms with E-state index in [0.29, 0.717) is 28.2 Å². The van der Waals surface area contributed by atoms with Crippen LogP contribution in [0.1, 0.15) is 30.0 Å². The minimum absolute atomic E-state index is 0.174. The first-order valence-corrected chi connectivity index (χ1v) is 11.2. The van der Waals surface area contributed by atoms with Gasteiger partial charge in [0.2, 0.25) is 5.91 Å². The summed E-state index contributed by atoms with van der Waals surface area (Å²) in [7, 11) is 0. The number of aryl methyl sites for hydroxylation is 2. The number of aromatic nitrogens is 3. The summed E-state index contributed by atoms with van der Waals surface area (Å²) in [6, 6.07) is 13.1. The van der Waals surface area contributed by atoms with Gasteiger partial charge in [0.05, 0.1) is 16.5 Å². The third kappa shape index (κ3) is 5.89. The van der Waals surface area contributed by atoms with Gasteiger partial charge in [-0.2, -0.15) is 0 Å². The number of carbonyl (C=O) groups is 1. The van der Waals surface area contributed by atoms with Crippen molar-refractivity contribution in [2.24, 2.45) is 0 Å². The van der Waals surface area contributed by atoms with E-state index in [2.05, 4.69) is 35.9 Å². The van der Waals surface area contributed by atoms with E-state index in [-0.39, 0.29) is 17.8 Å². The van der Waals surface area contributed by atoms with Crippen molar-refractivity contribution in [3.8, 4) is 5.75 Å². The van der Waals surface area contributed by atoms with Crippen molar-refractivity contribution in [2.45, 2.75) is 38.6 Å². The van der Waals surface area contributed by atoms with Crippen molar-refractivity contribution < 1.29 is 9.53 Å². The van der Waals surface area contributed by atoms with Crippen LogP contribution in [0.2, 0.25) is 5.02 Å². The van der Waals surface area contributed by atoms with Gasteiger partial charge in [-0.05, 0) is 56.2 Å². The van der Waals surface area contributed by atoms with Gasteiger partial charge < -0.3 is 10.1 Å². The van der Waals surface area contributed by atoms with E-state index in [4.69, 9.17) is 16.3 Å². The number of carbonyl (C=O) groups excluding carboxylic acids is 1. The van der Waals surface area contributed by atoms with Crippen LogP contribution in [-0.4, -0.2) is 26.4 Å². The normalized spacial score (nSPS) is 11.7. The van der Waals surface area contributed by atoms with Crippen LogP contribution in [-0.2, 0) is 11.3 Å². The van der Waals surface area contributed by atoms with Gasteiger partial charge in [-0.15, -0.1) is 16.8 Å². The zero-order valence-corrected chi connectivity index (χ0v) is 19.3. The maximum atomic E-state index is 12.4. The Morgan fingerprint density at radius 3 is 2.74 bits per heavy atom. The highest BCUT2D eigenvalue weighted by atomic mass is 35.5. The van der Waals surface area contributed by atoms with Crippen LogP contribution in [0.5, 0.6) is 5.75 Å². The third-order valence-corrected chi connectivity index (χ3v) is 5.99. The molecule has 6 nitrogen and oxygen atoms in total. The number of hydrogen-bond acceptors (Lipinski definition) is 5. The first-order valence-electron chi connectivity index (χ1n) is 9.84. The van der Waals surface area contributed by atoms with Crippen LogP contribution in [0.3, 0.4) is 0 Å². The number of nitrogens with one attached hydrogen (secondary N) is 1. The van der Waals surface area contributed by atoms with E-state index in [9.17, 15) is 4.79 Å². The smallest absolute Gasteiger partial charge is 0.234 e. The molecule has 1 heterocycles. The number of amides is 1. The lowest BCUT2D eigenvalue weighted by Crippen LogP contribution is -2.15. The average Bonchev–Trinajstić information content (AvgIpc) is 3.14. The monoisotopic (exact) mass is 456 g/mol. The molecule has 1 unspecified atom stereocenters. The summed E-state index contributed by atoms with van der Waals surface area (Å²) in [5.41, 5.74) is 2.96. The fraction of sp³-hybridized carbons (Fsp3) is 0.261. The number of hydrogen-bond donors (Lipinski definition) is 1. The summed E-state index contributed by atoms with van der Waals surface area (Å²) < 4.78 is 8.00. The summed E-state index contributed by atoms with van der Waals surface area (Å²) in [6.07, 6.45) is 1.45. The van der Waals surface area contributed by atoms with Gasteiger partial charge >= 0.3 is 0 Å². The lowest BCUT2D eigenvalue weighted by atomic mass is 10.1. The Kier molecular flexibility index (Phi) is 7.76. The number of halogens is 1. The second-order valence-corrected chi connectivity index (χ2v) is 8.41. The molecule has 0 radical (unpaired) electrons. The molecule has 1 N–H and O–H groups in total. The van der Waals surface area contributed by atoms with Crippen LogP contribution in [0.25, 0.3) is 0 Å². The molecule has 162 valence electrons. The van der Waals surface area contributed by atoms with Gasteiger partial charge in [-0.1, -0.05) is 47.6 Å². The Bertz CT molecular complexity index is 1080. The Morgan fingerprint density at radius 1 is 1.26 bits per heavy atom. The second kappa shape index (κ2) is 10.5. The Balaban J connectivity index is 1.69. The minimum atomic E-state index is -0.319. The summed E-state index contributed by atoms with van der Waals surface area (Å²) in [6.45, 7) is 10.4. The van der Waals surface area contributed by atoms with Crippen molar-refractivity contribution in [1.82, 2.24) is 14.8 Å². The Hall–Kier alpha value is -2.77. The summed E-state index contributed by atoms with van der Waals surface area (Å²) in [5.74, 6) is 1.45. The number of allylic oxidation sites excluding steroid dienone is 1. The highest BCUT2D eigenvalue weighted by Gasteiger charge is 2.20. The second-order valence-electron chi connectivity index (χ2n) is 7.06. The standard InChI is InChI=1S/C23H25ClN4O2S/c1-5-12-28-22(17(4)30-18-11-10-15(2)16(3)13-18)26-27-23(28)31-14-21(29)25-20-9-7-6-8-19(20)24/h5-11,13,17H,1,12,14H2,2-4H3,(H,25,29). The van der Waals surface area contributed by atoms with Gasteiger partial charge in [-0.25, -0.2) is 0 Å². The van der Waals surface area contributed by atoms with Crippen molar-refractivity contribution in [2.75, 3.05) is 11.1 Å². The number of ether oxygens (including phenoxy) is 1. The van der Waals surface area contributed by atoms with E-state index >= 15 is 0 Å². The number of anilines is 1. The van der Waals surface area contributed by atoms with Crippen LogP contribution < -0.4 is 10.1 Å². The number of rotatable bonds is 9. The quantitative estimate of drug-likeness (QED) is 0.335. The molecule has 3 rings (SSSR count). The number of benzene rings is 2. The first-order chi connectivity index (χ1) is 14.9. The number of thioether (sulfide) groups is 1. The van der Waals surface area contributed by atoms with Gasteiger partial charge in [0.1, 0.15) is 5.75 Å². The molecule has 0 aliphatic heterocycles. The van der Waals surface area contributed by atoms with Gasteiger partial charge in [0.15, 0.2) is 17.1 Å². The van der Waals surface area contributed by atoms with E-state index in [1.54, 1.807) is 18.2 Å². The summed E-state index contributed by atoms with van der Waals surface area (Å²) in [4.78, 5) is 12.4. The molecule has 0 bridgehead atoms. The fourth-order valence-electron chi connectivity index (χ4n) is 2.93. The molecule has 8 heteroatoms. The van der Waals surface area contributed by atoms with Crippen LogP contribution in [0, 0.1) is 13.8 Å². The summed E-state index contributed by atoms with van der Waals surface area (Å²) in [5, 5.41) is 12.5. The Labute approximate surface area is 191 Å². The largest absolute Gasteiger partial charge is 0.483 e. The highest BCUT2D eigenvalue weighted by Crippen LogP contribution is 2.26. The topological polar surface area (TPSA) is 69.0 Å². The minimum Gasteiger partial charge on any atom is -0.483 e. The first kappa shape index (κ1) is 22.9. The molecule has 0 spiro atoms. The predicted octanol–water partition coefficient (Wildman–Crippen LogP) is 5.61. The maximum absolute atomic E-state index is 12.4. The van der Waals surface area contributed by atoms with Gasteiger partial charge in [-0.3, -0.25) is 9.36 Å². The van der Waals surface area contributed by atoms with Crippen molar-refractivity contribution in [3.05, 3.63) is 77.1 Å². The Morgan fingerprint density at radius 2 is 2.03 bits per heavy atom. The van der Waals surface area contributed by atoms with Crippen LogP contribution in [0.4, 0.5) is 5.69 Å². The molecular formula is C23H25ClN4O2S. The van der Waals surface area contributed by atoms with Gasteiger partial charge in [0, 0.05) is 6.54 Å². The van der Waals surface area contributed by atoms with Gasteiger partial charge in [0.25, 0.3) is 0 Å². The molecule has 1 aromatic heterocycles. The predicted molar refractivity (Wildman–Crippen MR) is 126 cm³/mol. The lowest BCUT2D eigenvalue weighted by Gasteiger charge is -2.16. The van der Waals surface area contributed by atoms with E-state index in [1.165, 1.54) is 17.3 Å². The molecule has 0 saturated carbocycles. The van der Waals surface area contributed by atoms with Crippen LogP contribution >= 0.6 is 23.4 Å². The molecule has 2 aromatic carbocycles. The van der Waals surface area contributed by atoms with Crippen LogP contribution in [0.15, 0.2) is 60.3 Å². The summed E-state index contributed by atoms with van der Waals surface area (Å²) >= 11 is 7.40. The number of para-hydroxylation sites is 1. The molecule has 3 aromatic rings. The van der Waals surface area contributed by atoms with Crippen molar-refractivity contribution in [1.29, 1.82) is 0 Å². The van der Waals surface area contributed by atoms with E-state index in [1.807, 2.05) is 41.8 Å². The zero-order chi connectivity index (χ0) is 22.4. The molecular weight excluding hydrogens is 432 g/mol. The van der Waals surface area contributed by atoms with Crippen molar-refractivity contribution in [3.63, 3.8) is 0 Å².